The Morgan fingerprint density at radius 1 is 1.13 bits per heavy atom. The zero-order chi connectivity index (χ0) is 11.4. The van der Waals surface area contributed by atoms with Crippen LogP contribution in [-0.2, 0) is 0 Å². The van der Waals surface area contributed by atoms with Crippen molar-refractivity contribution in [3.8, 4) is 0 Å². The van der Waals surface area contributed by atoms with Crippen LogP contribution >= 0.6 is 23.2 Å². The lowest BCUT2D eigenvalue weighted by molar-refractivity contribution is 1.37. The molecule has 0 atom stereocenters. The maximum Gasteiger partial charge on any atom is 0.0760 e. The highest BCUT2D eigenvalue weighted by Gasteiger charge is 2.06. The Morgan fingerprint density at radius 3 is 2.47 bits per heavy atom. The van der Waals surface area contributed by atoms with Gasteiger partial charge in [0.05, 0.1) is 10.5 Å². The molecule has 0 aliphatic rings. The molecule has 0 aliphatic heterocycles. The molecular formula is C12H13Cl2N. The van der Waals surface area contributed by atoms with Gasteiger partial charge < -0.3 is 0 Å². The maximum absolute atomic E-state index is 6.01. The van der Waals surface area contributed by atoms with Crippen LogP contribution in [0.2, 0.25) is 10.0 Å². The summed E-state index contributed by atoms with van der Waals surface area (Å²) in [4.78, 5) is 4.23. The summed E-state index contributed by atoms with van der Waals surface area (Å²) >= 11 is 12.0. The van der Waals surface area contributed by atoms with Gasteiger partial charge in [-0.3, -0.25) is 4.98 Å². The Hall–Kier alpha value is -0.790. The van der Waals surface area contributed by atoms with Gasteiger partial charge in [-0.2, -0.15) is 0 Å². The van der Waals surface area contributed by atoms with E-state index in [2.05, 4.69) is 4.98 Å². The summed E-state index contributed by atoms with van der Waals surface area (Å²) in [5.41, 5.74) is 1.85. The number of nitrogens with zero attached hydrogens (tertiary/aromatic N) is 1. The molecule has 0 radical (unpaired) electrons. The van der Waals surface area contributed by atoms with Gasteiger partial charge in [0.25, 0.3) is 0 Å². The van der Waals surface area contributed by atoms with E-state index in [1.54, 1.807) is 12.3 Å². The molecule has 0 unspecified atom stereocenters. The number of aryl methyl sites for hydroxylation is 1. The molecular weight excluding hydrogens is 229 g/mol. The van der Waals surface area contributed by atoms with E-state index < -0.39 is 0 Å². The van der Waals surface area contributed by atoms with Crippen LogP contribution in [0.5, 0.6) is 0 Å². The molecule has 0 saturated carbocycles. The van der Waals surface area contributed by atoms with Crippen molar-refractivity contribution in [3.63, 3.8) is 0 Å². The number of hydrogen-bond donors (Lipinski definition) is 0. The first kappa shape index (κ1) is 12.3. The minimum Gasteiger partial charge on any atom is -0.256 e. The molecule has 1 nitrogen and oxygen atoms in total. The zero-order valence-electron chi connectivity index (χ0n) is 9.01. The highest BCUT2D eigenvalue weighted by Crippen LogP contribution is 2.30. The van der Waals surface area contributed by atoms with Crippen molar-refractivity contribution in [2.75, 3.05) is 0 Å². The van der Waals surface area contributed by atoms with Crippen LogP contribution in [0.25, 0.3) is 10.9 Å². The second-order valence-corrected chi connectivity index (χ2v) is 3.68. The Balaban J connectivity index is 0.000000531. The fourth-order valence-corrected chi connectivity index (χ4v) is 1.82. The number of aromatic nitrogens is 1. The largest absolute Gasteiger partial charge is 0.256 e. The lowest BCUT2D eigenvalue weighted by Crippen LogP contribution is -1.84. The Labute approximate surface area is 100 Å². The van der Waals surface area contributed by atoms with Gasteiger partial charge in [-0.15, -0.1) is 0 Å². The molecule has 3 heteroatoms. The molecule has 2 aromatic rings. The fraction of sp³-hybridized carbons (Fsp3) is 0.250. The summed E-state index contributed by atoms with van der Waals surface area (Å²) in [5.74, 6) is 0. The first-order chi connectivity index (χ1) is 7.20. The lowest BCUT2D eigenvalue weighted by atomic mass is 10.1. The molecule has 80 valence electrons. The van der Waals surface area contributed by atoms with Crippen molar-refractivity contribution in [1.82, 2.24) is 4.98 Å². The van der Waals surface area contributed by atoms with Crippen LogP contribution < -0.4 is 0 Å². The molecule has 1 aromatic heterocycles. The van der Waals surface area contributed by atoms with Crippen LogP contribution in [0.4, 0.5) is 0 Å². The predicted molar refractivity (Wildman–Crippen MR) is 67.8 cm³/mol. The van der Waals surface area contributed by atoms with Crippen molar-refractivity contribution >= 4 is 34.1 Å². The molecule has 0 spiro atoms. The highest BCUT2D eigenvalue weighted by atomic mass is 35.5. The highest BCUT2D eigenvalue weighted by molar-refractivity contribution is 6.39. The van der Waals surface area contributed by atoms with Gasteiger partial charge in [0.15, 0.2) is 0 Å². The quantitative estimate of drug-likeness (QED) is 0.641. The normalized spacial score (nSPS) is 9.67. The molecule has 0 amide bonds. The molecule has 1 aromatic carbocycles. The monoisotopic (exact) mass is 241 g/mol. The van der Waals surface area contributed by atoms with E-state index in [4.69, 9.17) is 23.2 Å². The molecule has 0 fully saturated rings. The molecule has 0 saturated heterocycles. The number of halogens is 2. The summed E-state index contributed by atoms with van der Waals surface area (Å²) < 4.78 is 0. The van der Waals surface area contributed by atoms with E-state index in [0.717, 1.165) is 16.5 Å². The minimum atomic E-state index is 0.652. The summed E-state index contributed by atoms with van der Waals surface area (Å²) in [6.45, 7) is 5.94. The topological polar surface area (TPSA) is 12.9 Å². The van der Waals surface area contributed by atoms with E-state index >= 15 is 0 Å². The van der Waals surface area contributed by atoms with Crippen molar-refractivity contribution in [2.45, 2.75) is 20.8 Å². The number of hydrogen-bond acceptors (Lipinski definition) is 1. The summed E-state index contributed by atoms with van der Waals surface area (Å²) in [6.07, 6.45) is 1.74. The van der Waals surface area contributed by atoms with Gasteiger partial charge in [0.1, 0.15) is 0 Å². The Bertz CT molecular complexity index is 466. The Morgan fingerprint density at radius 2 is 1.80 bits per heavy atom. The number of fused-ring (bicyclic) bond motifs is 1. The molecule has 0 bridgehead atoms. The Kier molecular flexibility index (Phi) is 4.37. The zero-order valence-corrected chi connectivity index (χ0v) is 10.5. The smallest absolute Gasteiger partial charge is 0.0760 e. The first-order valence-electron chi connectivity index (χ1n) is 4.89. The molecule has 2 rings (SSSR count). The van der Waals surface area contributed by atoms with Crippen molar-refractivity contribution in [3.05, 3.63) is 40.0 Å². The summed E-state index contributed by atoms with van der Waals surface area (Å²) in [6, 6.07) is 5.55. The van der Waals surface area contributed by atoms with Crippen LogP contribution in [0.1, 0.15) is 19.4 Å². The van der Waals surface area contributed by atoms with Gasteiger partial charge in [0, 0.05) is 16.6 Å². The van der Waals surface area contributed by atoms with Crippen molar-refractivity contribution in [2.24, 2.45) is 0 Å². The first-order valence-corrected chi connectivity index (χ1v) is 5.65. The minimum absolute atomic E-state index is 0.652. The summed E-state index contributed by atoms with van der Waals surface area (Å²) in [7, 11) is 0. The molecule has 0 aliphatic carbocycles. The average molecular weight is 242 g/mol. The third kappa shape index (κ3) is 2.42. The van der Waals surface area contributed by atoms with Crippen LogP contribution in [0.15, 0.2) is 24.4 Å². The van der Waals surface area contributed by atoms with Gasteiger partial charge in [-0.05, 0) is 30.7 Å². The van der Waals surface area contributed by atoms with Gasteiger partial charge in [-0.1, -0.05) is 37.0 Å². The van der Waals surface area contributed by atoms with E-state index in [1.165, 1.54) is 0 Å². The van der Waals surface area contributed by atoms with Gasteiger partial charge >= 0.3 is 0 Å². The van der Waals surface area contributed by atoms with E-state index in [9.17, 15) is 0 Å². The second-order valence-electron chi connectivity index (χ2n) is 2.86. The third-order valence-electron chi connectivity index (χ3n) is 2.03. The van der Waals surface area contributed by atoms with Gasteiger partial charge in [0.2, 0.25) is 0 Å². The van der Waals surface area contributed by atoms with Crippen molar-refractivity contribution < 1.29 is 0 Å². The molecule has 0 N–H and O–H groups in total. The van der Waals surface area contributed by atoms with Crippen LogP contribution in [0, 0.1) is 6.92 Å². The molecule has 15 heavy (non-hydrogen) atoms. The van der Waals surface area contributed by atoms with E-state index in [0.29, 0.717) is 10.0 Å². The summed E-state index contributed by atoms with van der Waals surface area (Å²) in [5, 5.41) is 2.26. The number of pyridine rings is 1. The van der Waals surface area contributed by atoms with Crippen LogP contribution in [0.3, 0.4) is 0 Å². The number of benzene rings is 1. The maximum atomic E-state index is 6.01. The predicted octanol–water partition coefficient (Wildman–Crippen LogP) is 4.88. The van der Waals surface area contributed by atoms with Crippen molar-refractivity contribution in [1.29, 1.82) is 0 Å². The molecule has 1 heterocycles. The van der Waals surface area contributed by atoms with E-state index in [1.807, 2.05) is 32.9 Å². The van der Waals surface area contributed by atoms with Crippen LogP contribution in [-0.4, -0.2) is 4.98 Å². The third-order valence-corrected chi connectivity index (χ3v) is 2.74. The average Bonchev–Trinajstić information content (AvgIpc) is 2.29. The number of rotatable bonds is 0. The SMILES string of the molecule is CC.Cc1c(Cl)cc(Cl)c2cccnc12. The fourth-order valence-electron chi connectivity index (χ4n) is 1.31. The van der Waals surface area contributed by atoms with E-state index in [-0.39, 0.29) is 0 Å². The second kappa shape index (κ2) is 5.34. The standard InChI is InChI=1S/C10H7Cl2N.C2H6/c1-6-8(11)5-9(12)7-3-2-4-13-10(6)7;1-2/h2-5H,1H3;1-2H3. The lowest BCUT2D eigenvalue weighted by Gasteiger charge is -2.04. The van der Waals surface area contributed by atoms with Gasteiger partial charge in [-0.25, -0.2) is 0 Å².